The lowest BCUT2D eigenvalue weighted by Crippen LogP contribution is -2.60. The van der Waals surface area contributed by atoms with E-state index in [2.05, 4.69) is 92.1 Å². The molecule has 0 bridgehead atoms. The van der Waals surface area contributed by atoms with Crippen LogP contribution in [-0.4, -0.2) is 87.5 Å². The average Bonchev–Trinajstić information content (AvgIpc) is 3.60. The zero-order chi connectivity index (χ0) is 60.0. The number of allylic oxidation sites excluding steroid dienone is 13. The number of aliphatic hydroxyl groups excluding tert-OH is 5. The molecule has 0 aromatic carbocycles. The maximum Gasteiger partial charge on any atom is 0.220 e. The highest BCUT2D eigenvalue weighted by atomic mass is 16.7. The van der Waals surface area contributed by atoms with E-state index in [0.29, 0.717) is 6.42 Å². The Kier molecular flexibility index (Phi) is 59.0. The number of ether oxygens (including phenoxy) is 2. The number of carbonyl (C=O) groups is 1. The highest BCUT2D eigenvalue weighted by Gasteiger charge is 2.44. The minimum absolute atomic E-state index is 0.187. The number of nitrogens with one attached hydrogen (secondary N) is 1. The smallest absolute Gasteiger partial charge is 0.220 e. The van der Waals surface area contributed by atoms with Gasteiger partial charge in [0.15, 0.2) is 6.29 Å². The second-order valence-corrected chi connectivity index (χ2v) is 24.3. The number of carbonyl (C=O) groups excluding carboxylic acids is 1. The molecule has 1 aliphatic rings. The van der Waals surface area contributed by atoms with Crippen LogP contribution in [0, 0.1) is 0 Å². The molecule has 1 rings (SSSR count). The van der Waals surface area contributed by atoms with Crippen LogP contribution in [0.1, 0.15) is 322 Å². The molecule has 1 heterocycles. The topological polar surface area (TPSA) is 149 Å². The summed E-state index contributed by atoms with van der Waals surface area (Å²) in [6, 6.07) is -0.832. The normalized spacial score (nSPS) is 18.8. The molecule has 7 atom stereocenters. The number of hydrogen-bond acceptors (Lipinski definition) is 8. The van der Waals surface area contributed by atoms with Gasteiger partial charge < -0.3 is 40.3 Å². The van der Waals surface area contributed by atoms with Gasteiger partial charge in [0.1, 0.15) is 24.4 Å². The van der Waals surface area contributed by atoms with Crippen molar-refractivity contribution in [2.24, 2.45) is 0 Å². The number of amides is 1. The minimum Gasteiger partial charge on any atom is -0.394 e. The monoisotopic (exact) mass is 1160 g/mol. The first kappa shape index (κ1) is 78.4. The third kappa shape index (κ3) is 51.2. The lowest BCUT2D eigenvalue weighted by molar-refractivity contribution is -0.302. The fourth-order valence-corrected chi connectivity index (χ4v) is 10.9. The Labute approximate surface area is 511 Å². The van der Waals surface area contributed by atoms with Crippen molar-refractivity contribution in [3.63, 3.8) is 0 Å². The molecule has 9 nitrogen and oxygen atoms in total. The first-order valence-electron chi connectivity index (χ1n) is 35.3. The van der Waals surface area contributed by atoms with E-state index in [9.17, 15) is 30.3 Å². The predicted molar refractivity (Wildman–Crippen MR) is 355 cm³/mol. The van der Waals surface area contributed by atoms with E-state index in [4.69, 9.17) is 9.47 Å². The van der Waals surface area contributed by atoms with E-state index in [1.54, 1.807) is 6.08 Å². The van der Waals surface area contributed by atoms with Crippen LogP contribution >= 0.6 is 0 Å². The molecule has 7 unspecified atom stereocenters. The predicted octanol–water partition coefficient (Wildman–Crippen LogP) is 19.3. The standard InChI is InChI=1S/C74H133NO8/c1-3-5-7-9-11-13-15-17-19-21-23-25-27-29-30-31-32-33-34-35-36-37-38-40-42-44-46-48-50-52-54-56-58-60-62-64-70(78)75-67(66-82-74-73(81)72(80)71(79)69(65-76)83-74)68(77)63-61-59-57-55-53-51-49-47-45-43-41-39-28-26-24-22-20-18-16-14-12-10-8-6-4-2/h5,7,11,13,17,19,23,25,45,47,53,55,61,63,67-69,71-74,76-77,79-81H,3-4,6,8-10,12,14-16,18,20-22,24,26-44,46,48-52,54,56-60,62,64-66H2,1-2H3,(H,75,78)/b7-5-,13-11-,19-17-,25-23-,47-45+,55-53+,63-61+. The van der Waals surface area contributed by atoms with Gasteiger partial charge in [0.05, 0.1) is 25.4 Å². The summed E-state index contributed by atoms with van der Waals surface area (Å²) in [4.78, 5) is 13.1. The molecule has 83 heavy (non-hydrogen) atoms. The lowest BCUT2D eigenvalue weighted by atomic mass is 9.99. The number of hydrogen-bond donors (Lipinski definition) is 6. The molecule has 0 aromatic rings. The van der Waals surface area contributed by atoms with Gasteiger partial charge in [-0.05, 0) is 83.5 Å². The average molecular weight is 1160 g/mol. The minimum atomic E-state index is -1.58. The molecule has 1 fully saturated rings. The molecular formula is C74H133NO8. The summed E-state index contributed by atoms with van der Waals surface area (Å²) in [7, 11) is 0. The van der Waals surface area contributed by atoms with Crippen LogP contribution in [0.4, 0.5) is 0 Å². The third-order valence-corrected chi connectivity index (χ3v) is 16.4. The lowest BCUT2D eigenvalue weighted by Gasteiger charge is -2.40. The largest absolute Gasteiger partial charge is 0.394 e. The van der Waals surface area contributed by atoms with Gasteiger partial charge >= 0.3 is 0 Å². The molecule has 1 aliphatic heterocycles. The van der Waals surface area contributed by atoms with Gasteiger partial charge in [-0.3, -0.25) is 4.79 Å². The van der Waals surface area contributed by atoms with Gasteiger partial charge in [-0.25, -0.2) is 0 Å². The molecule has 9 heteroatoms. The molecule has 0 aliphatic carbocycles. The first-order valence-corrected chi connectivity index (χ1v) is 35.3. The van der Waals surface area contributed by atoms with E-state index >= 15 is 0 Å². The number of aliphatic hydroxyl groups is 5. The van der Waals surface area contributed by atoms with E-state index in [-0.39, 0.29) is 12.5 Å². The second kappa shape index (κ2) is 62.4. The summed E-state index contributed by atoms with van der Waals surface area (Å²) in [6.45, 7) is 3.68. The number of unbranched alkanes of at least 4 members (excludes halogenated alkanes) is 39. The van der Waals surface area contributed by atoms with E-state index in [0.717, 1.165) is 70.6 Å². The summed E-state index contributed by atoms with van der Waals surface area (Å²) < 4.78 is 11.3. The zero-order valence-electron chi connectivity index (χ0n) is 53.9. The summed E-state index contributed by atoms with van der Waals surface area (Å²) in [5.41, 5.74) is 0. The maximum atomic E-state index is 13.1. The van der Waals surface area contributed by atoms with Crippen molar-refractivity contribution in [3.05, 3.63) is 85.1 Å². The van der Waals surface area contributed by atoms with E-state index in [1.165, 1.54) is 231 Å². The van der Waals surface area contributed by atoms with Crippen LogP contribution in [0.25, 0.3) is 0 Å². The SMILES string of the molecule is CC/C=C\C/C=C\C/C=C\C/C=C\CCCCCCCCCCCCCCCCCCCCCCCCC(=O)NC(COC1OC(CO)C(O)C(O)C1O)C(O)/C=C/CC/C=C/CC/C=C/CCCCCCCCCCCCCCCCC. The van der Waals surface area contributed by atoms with Crippen LogP contribution in [0.2, 0.25) is 0 Å². The third-order valence-electron chi connectivity index (χ3n) is 16.4. The van der Waals surface area contributed by atoms with Gasteiger partial charge in [-0.2, -0.15) is 0 Å². The van der Waals surface area contributed by atoms with Crippen molar-refractivity contribution in [2.75, 3.05) is 13.2 Å². The van der Waals surface area contributed by atoms with Crippen LogP contribution in [0.3, 0.4) is 0 Å². The molecule has 1 saturated heterocycles. The quantitative estimate of drug-likeness (QED) is 0.0261. The van der Waals surface area contributed by atoms with Gasteiger partial charge in [0.2, 0.25) is 5.91 Å². The Hall–Kier alpha value is -2.63. The Morgan fingerprint density at radius 1 is 0.422 bits per heavy atom. The van der Waals surface area contributed by atoms with Crippen LogP contribution < -0.4 is 5.32 Å². The molecular weight excluding hydrogens is 1030 g/mol. The van der Waals surface area contributed by atoms with Crippen molar-refractivity contribution >= 4 is 5.91 Å². The van der Waals surface area contributed by atoms with Crippen LogP contribution in [0.15, 0.2) is 85.1 Å². The van der Waals surface area contributed by atoms with Gasteiger partial charge in [0.25, 0.3) is 0 Å². The second-order valence-electron chi connectivity index (χ2n) is 24.3. The van der Waals surface area contributed by atoms with Crippen LogP contribution in [-0.2, 0) is 14.3 Å². The van der Waals surface area contributed by atoms with Crippen molar-refractivity contribution in [1.29, 1.82) is 0 Å². The summed E-state index contributed by atoms with van der Waals surface area (Å²) in [5.74, 6) is -0.187. The molecule has 0 spiro atoms. The fourth-order valence-electron chi connectivity index (χ4n) is 10.9. The molecule has 1 amide bonds. The van der Waals surface area contributed by atoms with Gasteiger partial charge in [-0.15, -0.1) is 0 Å². The van der Waals surface area contributed by atoms with Gasteiger partial charge in [-0.1, -0.05) is 317 Å². The molecule has 0 aromatic heterocycles. The zero-order valence-corrected chi connectivity index (χ0v) is 53.9. The Balaban J connectivity index is 2.13. The molecule has 6 N–H and O–H groups in total. The van der Waals surface area contributed by atoms with Gasteiger partial charge in [0, 0.05) is 6.42 Å². The molecule has 0 radical (unpaired) electrons. The van der Waals surface area contributed by atoms with Crippen LogP contribution in [0.5, 0.6) is 0 Å². The van der Waals surface area contributed by atoms with Crippen molar-refractivity contribution in [3.8, 4) is 0 Å². The van der Waals surface area contributed by atoms with E-state index < -0.39 is 49.5 Å². The fraction of sp³-hybridized carbons (Fsp3) is 0.797. The summed E-state index contributed by atoms with van der Waals surface area (Å²) in [5, 5.41) is 54.7. The summed E-state index contributed by atoms with van der Waals surface area (Å²) in [6.07, 6.45) is 82.7. The Morgan fingerprint density at radius 2 is 0.759 bits per heavy atom. The number of rotatable bonds is 61. The molecule has 482 valence electrons. The first-order chi connectivity index (χ1) is 40.8. The Bertz CT molecular complexity index is 1590. The maximum absolute atomic E-state index is 13.1. The summed E-state index contributed by atoms with van der Waals surface area (Å²) >= 11 is 0. The van der Waals surface area contributed by atoms with Crippen molar-refractivity contribution < 1.29 is 39.8 Å². The Morgan fingerprint density at radius 3 is 1.16 bits per heavy atom. The highest BCUT2D eigenvalue weighted by molar-refractivity contribution is 5.76. The van der Waals surface area contributed by atoms with E-state index in [1.807, 2.05) is 6.08 Å². The highest BCUT2D eigenvalue weighted by Crippen LogP contribution is 2.23. The van der Waals surface area contributed by atoms with Crippen molar-refractivity contribution in [1.82, 2.24) is 5.32 Å². The van der Waals surface area contributed by atoms with Crippen molar-refractivity contribution in [2.45, 2.75) is 365 Å². The molecule has 0 saturated carbocycles.